The number of fused-ring (bicyclic) bond motifs is 3. The molecule has 1 aliphatic heterocycles. The molecular formula is C22H18FN5O2. The van der Waals surface area contributed by atoms with Crippen LogP contribution in [-0.2, 0) is 6.42 Å². The number of amides is 1. The molecule has 2 aromatic heterocycles. The lowest BCUT2D eigenvalue weighted by molar-refractivity contribution is 0.0911. The third-order valence-corrected chi connectivity index (χ3v) is 4.99. The minimum atomic E-state index is -0.399. The summed E-state index contributed by atoms with van der Waals surface area (Å²) in [5.74, 6) is 0.635. The summed E-state index contributed by atoms with van der Waals surface area (Å²) in [6, 6.07) is 17.4. The van der Waals surface area contributed by atoms with Gasteiger partial charge in [-0.2, -0.15) is 0 Å². The first-order valence-corrected chi connectivity index (χ1v) is 9.53. The average Bonchev–Trinajstić information content (AvgIpc) is 3.40. The summed E-state index contributed by atoms with van der Waals surface area (Å²) in [5.41, 5.74) is 2.70. The maximum atomic E-state index is 13.1. The number of nitrogens with one attached hydrogen (secondary N) is 2. The number of aromatic nitrogens is 4. The fraction of sp³-hybridized carbons (Fsp3) is 0.136. The quantitative estimate of drug-likeness (QED) is 0.548. The lowest BCUT2D eigenvalue weighted by Crippen LogP contribution is -2.33. The first-order valence-electron chi connectivity index (χ1n) is 9.53. The number of hydrogen-bond acceptors (Lipinski definition) is 4. The molecule has 0 saturated carbocycles. The van der Waals surface area contributed by atoms with Crippen molar-refractivity contribution in [3.8, 4) is 11.4 Å². The Bertz CT molecular complexity index is 1200. The van der Waals surface area contributed by atoms with Gasteiger partial charge in [0.15, 0.2) is 0 Å². The summed E-state index contributed by atoms with van der Waals surface area (Å²) in [6.45, 7) is 0.291. The van der Waals surface area contributed by atoms with Crippen molar-refractivity contribution in [2.75, 3.05) is 6.61 Å². The summed E-state index contributed by atoms with van der Waals surface area (Å²) < 4.78 is 21.0. The summed E-state index contributed by atoms with van der Waals surface area (Å²) in [6.07, 6.45) is 2.36. The fourth-order valence-electron chi connectivity index (χ4n) is 3.54. The van der Waals surface area contributed by atoms with Gasteiger partial charge in [0.05, 0.1) is 5.69 Å². The van der Waals surface area contributed by atoms with Crippen molar-refractivity contribution in [3.63, 3.8) is 0 Å². The molecule has 0 spiro atoms. The van der Waals surface area contributed by atoms with Gasteiger partial charge < -0.3 is 14.6 Å². The Hall–Kier alpha value is -3.94. The van der Waals surface area contributed by atoms with Crippen LogP contribution in [0.2, 0.25) is 0 Å². The predicted molar refractivity (Wildman–Crippen MR) is 107 cm³/mol. The maximum absolute atomic E-state index is 13.1. The smallest absolute Gasteiger partial charge is 0.291 e. The van der Waals surface area contributed by atoms with E-state index in [-0.39, 0.29) is 17.7 Å². The Labute approximate surface area is 171 Å². The summed E-state index contributed by atoms with van der Waals surface area (Å²) in [4.78, 5) is 17.0. The van der Waals surface area contributed by atoms with E-state index in [1.807, 2.05) is 47.2 Å². The van der Waals surface area contributed by atoms with Crippen molar-refractivity contribution < 1.29 is 13.9 Å². The SMILES string of the molecule is O=C(NC1COc2ccccc2-n2cccc21)c1n[nH]c(Cc2ccc(F)cc2)n1. The largest absolute Gasteiger partial charge is 0.489 e. The number of para-hydroxylation sites is 2. The second kappa shape index (κ2) is 7.47. The number of carbonyl (C=O) groups is 1. The molecular weight excluding hydrogens is 385 g/mol. The Balaban J connectivity index is 1.33. The Morgan fingerprint density at radius 2 is 2.00 bits per heavy atom. The zero-order chi connectivity index (χ0) is 20.5. The van der Waals surface area contributed by atoms with E-state index < -0.39 is 5.91 Å². The molecule has 0 bridgehead atoms. The number of halogens is 1. The lowest BCUT2D eigenvalue weighted by atomic mass is 10.1. The number of ether oxygens (including phenoxy) is 1. The third kappa shape index (κ3) is 3.43. The van der Waals surface area contributed by atoms with Crippen molar-refractivity contribution in [2.45, 2.75) is 12.5 Å². The molecule has 5 rings (SSSR count). The molecule has 2 aromatic carbocycles. The molecule has 3 heterocycles. The third-order valence-electron chi connectivity index (χ3n) is 4.99. The molecule has 0 fully saturated rings. The highest BCUT2D eigenvalue weighted by atomic mass is 19.1. The summed E-state index contributed by atoms with van der Waals surface area (Å²) in [5, 5.41) is 9.77. The lowest BCUT2D eigenvalue weighted by Gasteiger charge is -2.16. The molecule has 150 valence electrons. The Morgan fingerprint density at radius 1 is 1.17 bits per heavy atom. The highest BCUT2D eigenvalue weighted by Crippen LogP contribution is 2.31. The standard InChI is InChI=1S/C22H18FN5O2/c23-15-9-7-14(8-10-15)12-20-25-21(27-26-20)22(29)24-16-13-30-19-6-2-1-4-18(19)28-11-3-5-17(16)28/h1-11,16H,12-13H2,(H,24,29)(H,25,26,27). The number of benzene rings is 2. The van der Waals surface area contributed by atoms with Crippen LogP contribution in [-0.4, -0.2) is 32.3 Å². The van der Waals surface area contributed by atoms with Crippen LogP contribution >= 0.6 is 0 Å². The number of hydrogen-bond donors (Lipinski definition) is 2. The molecule has 0 saturated heterocycles. The predicted octanol–water partition coefficient (Wildman–Crippen LogP) is 3.19. The topological polar surface area (TPSA) is 84.8 Å². The molecule has 1 unspecified atom stereocenters. The molecule has 30 heavy (non-hydrogen) atoms. The van der Waals surface area contributed by atoms with Gasteiger partial charge in [0.25, 0.3) is 5.91 Å². The molecule has 1 amide bonds. The van der Waals surface area contributed by atoms with Crippen LogP contribution in [0.5, 0.6) is 5.75 Å². The molecule has 8 heteroatoms. The Kier molecular flexibility index (Phi) is 4.51. The normalized spacial score (nSPS) is 14.9. The number of H-pyrrole nitrogens is 1. The first-order chi connectivity index (χ1) is 14.7. The number of nitrogens with zero attached hydrogens (tertiary/aromatic N) is 3. The zero-order valence-electron chi connectivity index (χ0n) is 15.9. The number of aromatic amines is 1. The van der Waals surface area contributed by atoms with Crippen molar-refractivity contribution in [2.24, 2.45) is 0 Å². The summed E-state index contributed by atoms with van der Waals surface area (Å²) >= 11 is 0. The summed E-state index contributed by atoms with van der Waals surface area (Å²) in [7, 11) is 0. The van der Waals surface area contributed by atoms with Gasteiger partial charge >= 0.3 is 0 Å². The van der Waals surface area contributed by atoms with E-state index in [2.05, 4.69) is 20.5 Å². The van der Waals surface area contributed by atoms with Crippen LogP contribution in [0.1, 0.15) is 33.7 Å². The average molecular weight is 403 g/mol. The molecule has 0 aliphatic carbocycles. The fourth-order valence-corrected chi connectivity index (χ4v) is 3.54. The number of carbonyl (C=O) groups excluding carboxylic acids is 1. The highest BCUT2D eigenvalue weighted by molar-refractivity contribution is 5.90. The van der Waals surface area contributed by atoms with E-state index in [4.69, 9.17) is 4.74 Å². The molecule has 0 radical (unpaired) electrons. The zero-order valence-corrected chi connectivity index (χ0v) is 15.9. The van der Waals surface area contributed by atoms with Gasteiger partial charge in [-0.05, 0) is 42.0 Å². The van der Waals surface area contributed by atoms with Gasteiger partial charge in [0.2, 0.25) is 5.82 Å². The number of rotatable bonds is 4. The highest BCUT2D eigenvalue weighted by Gasteiger charge is 2.26. The van der Waals surface area contributed by atoms with Gasteiger partial charge in [-0.1, -0.05) is 24.3 Å². The second-order valence-electron chi connectivity index (χ2n) is 7.02. The molecule has 1 atom stereocenters. The molecule has 4 aromatic rings. The maximum Gasteiger partial charge on any atom is 0.291 e. The van der Waals surface area contributed by atoms with Crippen molar-refractivity contribution in [1.29, 1.82) is 0 Å². The van der Waals surface area contributed by atoms with Gasteiger partial charge in [-0.3, -0.25) is 9.89 Å². The van der Waals surface area contributed by atoms with Gasteiger partial charge in [-0.25, -0.2) is 9.37 Å². The second-order valence-corrected chi connectivity index (χ2v) is 7.02. The van der Waals surface area contributed by atoms with Crippen LogP contribution in [0, 0.1) is 5.82 Å². The van der Waals surface area contributed by atoms with E-state index in [0.717, 1.165) is 22.7 Å². The molecule has 1 aliphatic rings. The van der Waals surface area contributed by atoms with Crippen molar-refractivity contribution >= 4 is 5.91 Å². The van der Waals surface area contributed by atoms with E-state index in [0.29, 0.717) is 18.9 Å². The van der Waals surface area contributed by atoms with Gasteiger partial charge in [0, 0.05) is 18.3 Å². The van der Waals surface area contributed by atoms with Gasteiger partial charge in [0.1, 0.15) is 30.0 Å². The van der Waals surface area contributed by atoms with Crippen LogP contribution in [0.15, 0.2) is 66.9 Å². The van der Waals surface area contributed by atoms with Crippen molar-refractivity contribution in [3.05, 3.63) is 95.6 Å². The van der Waals surface area contributed by atoms with E-state index >= 15 is 0 Å². The monoisotopic (exact) mass is 403 g/mol. The van der Waals surface area contributed by atoms with Gasteiger partial charge in [-0.15, -0.1) is 5.10 Å². The first kappa shape index (κ1) is 18.1. The molecule has 2 N–H and O–H groups in total. The molecule has 7 nitrogen and oxygen atoms in total. The van der Waals surface area contributed by atoms with Crippen molar-refractivity contribution in [1.82, 2.24) is 25.1 Å². The van der Waals surface area contributed by atoms with E-state index in [1.165, 1.54) is 12.1 Å². The van der Waals surface area contributed by atoms with Crippen LogP contribution < -0.4 is 10.1 Å². The van der Waals surface area contributed by atoms with E-state index in [9.17, 15) is 9.18 Å². The van der Waals surface area contributed by atoms with E-state index in [1.54, 1.807) is 12.1 Å². The van der Waals surface area contributed by atoms with Crippen LogP contribution in [0.25, 0.3) is 5.69 Å². The minimum absolute atomic E-state index is 0.0481. The van der Waals surface area contributed by atoms with Crippen LogP contribution in [0.4, 0.5) is 4.39 Å². The minimum Gasteiger partial charge on any atom is -0.489 e. The van der Waals surface area contributed by atoms with Crippen LogP contribution in [0.3, 0.4) is 0 Å². The Morgan fingerprint density at radius 3 is 2.87 bits per heavy atom.